The fourth-order valence-electron chi connectivity index (χ4n) is 5.48. The monoisotopic (exact) mass is 468 g/mol. The van der Waals surface area contributed by atoms with Crippen molar-refractivity contribution in [3.8, 4) is 5.69 Å². The Labute approximate surface area is 196 Å². The lowest BCUT2D eigenvalue weighted by Gasteiger charge is -2.43. The Morgan fingerprint density at radius 1 is 1.26 bits per heavy atom. The van der Waals surface area contributed by atoms with Crippen molar-refractivity contribution in [1.82, 2.24) is 20.0 Å². The van der Waals surface area contributed by atoms with Crippen molar-refractivity contribution in [2.75, 3.05) is 11.9 Å². The first-order valence-electron chi connectivity index (χ1n) is 11.1. The quantitative estimate of drug-likeness (QED) is 0.392. The number of non-ortho nitro benzene ring substituents is 1. The van der Waals surface area contributed by atoms with Crippen molar-refractivity contribution in [3.05, 3.63) is 46.1 Å². The zero-order chi connectivity index (χ0) is 24.8. The molecule has 2 fully saturated rings. The van der Waals surface area contributed by atoms with Crippen LogP contribution in [0.2, 0.25) is 0 Å². The Morgan fingerprint density at radius 3 is 2.56 bits per heavy atom. The fourth-order valence-corrected chi connectivity index (χ4v) is 5.48. The molecule has 2 heterocycles. The third-order valence-corrected chi connectivity index (χ3v) is 6.33. The third kappa shape index (κ3) is 4.37. The second-order valence-electron chi connectivity index (χ2n) is 10.2. The molecule has 0 bridgehead atoms. The minimum atomic E-state index is -0.977. The number of rotatable bonds is 5. The number of nitro benzene ring substituents is 1. The summed E-state index contributed by atoms with van der Waals surface area (Å²) >= 11 is 0. The first kappa shape index (κ1) is 23.4. The van der Waals surface area contributed by atoms with Gasteiger partial charge in [-0.15, -0.1) is 0 Å². The summed E-state index contributed by atoms with van der Waals surface area (Å²) in [6.07, 6.45) is 2.04. The van der Waals surface area contributed by atoms with Gasteiger partial charge < -0.3 is 10.6 Å². The molecule has 1 aliphatic carbocycles. The maximum Gasteiger partial charge on any atom is 0.325 e. The molecule has 34 heavy (non-hydrogen) atoms. The molecule has 1 spiro atoms. The number of nitro groups is 1. The number of carbonyl (C=O) groups excluding carboxylic acids is 3. The minimum absolute atomic E-state index is 0.0640. The summed E-state index contributed by atoms with van der Waals surface area (Å²) in [4.78, 5) is 50.2. The highest BCUT2D eigenvalue weighted by Gasteiger charge is 2.56. The first-order chi connectivity index (χ1) is 15.9. The number of nitrogens with zero attached hydrogens (tertiary/aromatic N) is 4. The highest BCUT2D eigenvalue weighted by Crippen LogP contribution is 2.46. The van der Waals surface area contributed by atoms with Gasteiger partial charge in [-0.2, -0.15) is 5.10 Å². The molecule has 1 aromatic heterocycles. The van der Waals surface area contributed by atoms with E-state index in [0.717, 1.165) is 11.3 Å². The van der Waals surface area contributed by atoms with Crippen LogP contribution in [0.5, 0.6) is 0 Å². The third-order valence-electron chi connectivity index (χ3n) is 6.33. The predicted molar refractivity (Wildman–Crippen MR) is 123 cm³/mol. The van der Waals surface area contributed by atoms with Gasteiger partial charge in [0, 0.05) is 18.2 Å². The molecule has 1 saturated heterocycles. The molecule has 4 rings (SSSR count). The molecule has 1 aromatic carbocycles. The van der Waals surface area contributed by atoms with Crippen LogP contribution in [0.15, 0.2) is 30.3 Å². The predicted octanol–water partition coefficient (Wildman–Crippen LogP) is 3.16. The van der Waals surface area contributed by atoms with Gasteiger partial charge in [0.15, 0.2) is 0 Å². The standard InChI is InChI=1S/C23H28N6O5/c1-14-10-22(3,4)13-23(11-14)20(31)27(21(32)25-23)12-19(30)24-18-9-15(2)26-28(18)16-5-7-17(8-6-16)29(33)34/h5-9,14H,10-13H2,1-4H3,(H,24,30)(H,25,32). The molecule has 0 radical (unpaired) electrons. The van der Waals surface area contributed by atoms with Crippen molar-refractivity contribution >= 4 is 29.4 Å². The SMILES string of the molecule is Cc1cc(NC(=O)CN2C(=O)NC3(CC(C)CC(C)(C)C3)C2=O)n(-c2ccc([N+](=O)[O-])cc2)n1. The molecule has 2 aliphatic rings. The molecule has 1 aliphatic heterocycles. The molecule has 2 unspecified atom stereocenters. The average Bonchev–Trinajstić information content (AvgIpc) is 3.18. The van der Waals surface area contributed by atoms with Crippen LogP contribution in [-0.4, -0.2) is 49.5 Å². The van der Waals surface area contributed by atoms with E-state index < -0.39 is 28.9 Å². The van der Waals surface area contributed by atoms with E-state index in [2.05, 4.69) is 36.5 Å². The van der Waals surface area contributed by atoms with Gasteiger partial charge in [-0.3, -0.25) is 24.6 Å². The summed E-state index contributed by atoms with van der Waals surface area (Å²) in [6.45, 7) is 7.55. The average molecular weight is 469 g/mol. The van der Waals surface area contributed by atoms with E-state index in [1.807, 2.05) is 0 Å². The summed E-state index contributed by atoms with van der Waals surface area (Å²) in [5.41, 5.74) is -0.0168. The normalized spacial score (nSPS) is 23.8. The van der Waals surface area contributed by atoms with Crippen molar-refractivity contribution in [2.24, 2.45) is 11.3 Å². The number of urea groups is 1. The maximum atomic E-state index is 13.3. The Morgan fingerprint density at radius 2 is 1.94 bits per heavy atom. The fraction of sp³-hybridized carbons (Fsp3) is 0.478. The lowest BCUT2D eigenvalue weighted by atomic mass is 9.64. The maximum absolute atomic E-state index is 13.3. The number of aryl methyl sites for hydroxylation is 1. The molecular formula is C23H28N6O5. The molecule has 2 aromatic rings. The van der Waals surface area contributed by atoms with E-state index in [9.17, 15) is 24.5 Å². The molecule has 1 saturated carbocycles. The van der Waals surface area contributed by atoms with E-state index in [4.69, 9.17) is 0 Å². The van der Waals surface area contributed by atoms with Crippen LogP contribution in [-0.2, 0) is 9.59 Å². The van der Waals surface area contributed by atoms with Gasteiger partial charge in [0.25, 0.3) is 11.6 Å². The van der Waals surface area contributed by atoms with Gasteiger partial charge in [-0.1, -0.05) is 20.8 Å². The number of hydrogen-bond donors (Lipinski definition) is 2. The lowest BCUT2D eigenvalue weighted by Crippen LogP contribution is -2.54. The Bertz CT molecular complexity index is 1170. The van der Waals surface area contributed by atoms with E-state index in [-0.39, 0.29) is 22.9 Å². The summed E-state index contributed by atoms with van der Waals surface area (Å²) in [6, 6.07) is 6.80. The zero-order valence-electron chi connectivity index (χ0n) is 19.6. The van der Waals surface area contributed by atoms with E-state index >= 15 is 0 Å². The van der Waals surface area contributed by atoms with Crippen molar-refractivity contribution < 1.29 is 19.3 Å². The molecule has 11 nitrogen and oxygen atoms in total. The van der Waals surface area contributed by atoms with E-state index in [1.165, 1.54) is 28.9 Å². The highest BCUT2D eigenvalue weighted by molar-refractivity contribution is 6.10. The van der Waals surface area contributed by atoms with E-state index in [0.29, 0.717) is 30.0 Å². The molecule has 2 atom stereocenters. The van der Waals surface area contributed by atoms with Crippen LogP contribution in [0, 0.1) is 28.4 Å². The minimum Gasteiger partial charge on any atom is -0.323 e. The topological polar surface area (TPSA) is 139 Å². The number of imide groups is 1. The van der Waals surface area contributed by atoms with Crippen molar-refractivity contribution in [1.29, 1.82) is 0 Å². The Balaban J connectivity index is 1.50. The van der Waals surface area contributed by atoms with Crippen LogP contribution >= 0.6 is 0 Å². The smallest absolute Gasteiger partial charge is 0.323 e. The molecular weight excluding hydrogens is 440 g/mol. The van der Waals surface area contributed by atoms with Crippen LogP contribution in [0.25, 0.3) is 5.69 Å². The number of anilines is 1. The van der Waals surface area contributed by atoms with Crippen molar-refractivity contribution in [2.45, 2.75) is 52.5 Å². The summed E-state index contributed by atoms with van der Waals surface area (Å²) in [7, 11) is 0. The molecule has 2 N–H and O–H groups in total. The van der Waals surface area contributed by atoms with Gasteiger partial charge in [-0.05, 0) is 49.7 Å². The van der Waals surface area contributed by atoms with Gasteiger partial charge in [0.2, 0.25) is 5.91 Å². The van der Waals surface area contributed by atoms with Crippen LogP contribution in [0.1, 0.15) is 45.7 Å². The zero-order valence-corrected chi connectivity index (χ0v) is 19.6. The number of hydrogen-bond acceptors (Lipinski definition) is 6. The van der Waals surface area contributed by atoms with Crippen LogP contribution in [0.4, 0.5) is 16.3 Å². The van der Waals surface area contributed by atoms with Crippen LogP contribution in [0.3, 0.4) is 0 Å². The van der Waals surface area contributed by atoms with Crippen molar-refractivity contribution in [3.63, 3.8) is 0 Å². The van der Waals surface area contributed by atoms with E-state index in [1.54, 1.807) is 13.0 Å². The van der Waals surface area contributed by atoms with Gasteiger partial charge in [0.05, 0.1) is 16.3 Å². The number of aromatic nitrogens is 2. The molecule has 180 valence electrons. The second kappa shape index (κ2) is 8.23. The second-order valence-corrected chi connectivity index (χ2v) is 10.2. The Kier molecular flexibility index (Phi) is 5.66. The summed E-state index contributed by atoms with van der Waals surface area (Å²) in [5.74, 6) is -0.328. The van der Waals surface area contributed by atoms with Gasteiger partial charge in [0.1, 0.15) is 17.9 Å². The number of benzene rings is 1. The summed E-state index contributed by atoms with van der Waals surface area (Å²) < 4.78 is 1.44. The number of nitrogens with one attached hydrogen (secondary N) is 2. The molecule has 4 amide bonds. The van der Waals surface area contributed by atoms with Gasteiger partial charge >= 0.3 is 6.03 Å². The highest BCUT2D eigenvalue weighted by atomic mass is 16.6. The Hall–Kier alpha value is -3.76. The summed E-state index contributed by atoms with van der Waals surface area (Å²) in [5, 5.41) is 20.8. The molecule has 11 heteroatoms. The number of carbonyl (C=O) groups is 3. The lowest BCUT2D eigenvalue weighted by molar-refractivity contribution is -0.384. The van der Waals surface area contributed by atoms with Gasteiger partial charge in [-0.25, -0.2) is 9.48 Å². The van der Waals surface area contributed by atoms with Crippen LogP contribution < -0.4 is 10.6 Å². The number of amides is 4. The first-order valence-corrected chi connectivity index (χ1v) is 11.1. The largest absolute Gasteiger partial charge is 0.325 e.